The van der Waals surface area contributed by atoms with Crippen molar-refractivity contribution in [1.29, 1.82) is 0 Å². The van der Waals surface area contributed by atoms with Crippen LogP contribution < -0.4 is 15.6 Å². The lowest BCUT2D eigenvalue weighted by Crippen LogP contribution is -2.34. The van der Waals surface area contributed by atoms with Crippen LogP contribution in [0.1, 0.15) is 0 Å². The Morgan fingerprint density at radius 1 is 1.23 bits per heavy atom. The van der Waals surface area contributed by atoms with Gasteiger partial charge in [-0.3, -0.25) is 15.6 Å². The summed E-state index contributed by atoms with van der Waals surface area (Å²) in [7, 11) is -2.20. The van der Waals surface area contributed by atoms with Crippen LogP contribution in [0.25, 0.3) is 10.2 Å². The molecule has 3 aromatic rings. The van der Waals surface area contributed by atoms with E-state index < -0.39 is 21.5 Å². The molecule has 0 atom stereocenters. The van der Waals surface area contributed by atoms with E-state index in [4.69, 9.17) is 16.3 Å². The second-order valence-corrected chi connectivity index (χ2v) is 8.59. The standard InChI is InChI=1S/C16H14ClN3O4S2/c1-24-12-8-7-11(17)15-14(12)18-16(25-15)20-19-13(21)9-26(22,23)10-5-3-2-4-6-10/h2-8H,9H2,1H3,(H,18,20)(H,19,21). The molecule has 136 valence electrons. The molecule has 0 fully saturated rings. The van der Waals surface area contributed by atoms with Crippen LogP contribution in [0.2, 0.25) is 5.02 Å². The number of fused-ring (bicyclic) bond motifs is 1. The van der Waals surface area contributed by atoms with Gasteiger partial charge in [0.2, 0.25) is 5.13 Å². The van der Waals surface area contributed by atoms with Crippen molar-refractivity contribution >= 4 is 54.0 Å². The normalized spacial score (nSPS) is 11.3. The Hall–Kier alpha value is -2.36. The van der Waals surface area contributed by atoms with Gasteiger partial charge in [-0.2, -0.15) is 0 Å². The number of nitrogens with zero attached hydrogens (tertiary/aromatic N) is 1. The number of carbonyl (C=O) groups excluding carboxylic acids is 1. The second-order valence-electron chi connectivity index (χ2n) is 5.19. The molecule has 3 rings (SSSR count). The molecule has 1 heterocycles. The van der Waals surface area contributed by atoms with Gasteiger partial charge in [0.15, 0.2) is 9.84 Å². The Kier molecular flexibility index (Phi) is 5.30. The highest BCUT2D eigenvalue weighted by molar-refractivity contribution is 7.92. The fourth-order valence-electron chi connectivity index (χ4n) is 2.21. The average molecular weight is 412 g/mol. The third-order valence-electron chi connectivity index (χ3n) is 3.41. The summed E-state index contributed by atoms with van der Waals surface area (Å²) in [4.78, 5) is 16.4. The molecule has 1 amide bonds. The first kappa shape index (κ1) is 18.4. The minimum absolute atomic E-state index is 0.0895. The zero-order valence-electron chi connectivity index (χ0n) is 13.5. The topological polar surface area (TPSA) is 97.4 Å². The zero-order chi connectivity index (χ0) is 18.7. The molecule has 0 unspecified atom stereocenters. The molecule has 0 aliphatic carbocycles. The van der Waals surface area contributed by atoms with Gasteiger partial charge in [-0.15, -0.1) is 0 Å². The van der Waals surface area contributed by atoms with Gasteiger partial charge in [-0.05, 0) is 24.3 Å². The molecule has 1 aromatic heterocycles. The number of hydrogen-bond acceptors (Lipinski definition) is 7. The number of benzene rings is 2. The predicted octanol–water partition coefficient (Wildman–Crippen LogP) is 2.88. The SMILES string of the molecule is COc1ccc(Cl)c2sc(NNC(=O)CS(=O)(=O)c3ccccc3)nc12. The third-order valence-corrected chi connectivity index (χ3v) is 6.47. The van der Waals surface area contributed by atoms with E-state index in [1.54, 1.807) is 30.3 Å². The lowest BCUT2D eigenvalue weighted by Gasteiger charge is -2.06. The van der Waals surface area contributed by atoms with Crippen molar-refractivity contribution in [3.05, 3.63) is 47.5 Å². The van der Waals surface area contributed by atoms with E-state index >= 15 is 0 Å². The number of ether oxygens (including phenoxy) is 1. The maximum atomic E-state index is 12.2. The smallest absolute Gasteiger partial charge is 0.253 e. The van der Waals surface area contributed by atoms with Crippen LogP contribution in [0.3, 0.4) is 0 Å². The number of hydrogen-bond donors (Lipinski definition) is 2. The summed E-state index contributed by atoms with van der Waals surface area (Å²) in [6.45, 7) is 0. The quantitative estimate of drug-likeness (QED) is 0.605. The van der Waals surface area contributed by atoms with E-state index in [1.165, 1.54) is 30.6 Å². The van der Waals surface area contributed by atoms with Crippen LogP contribution in [0.4, 0.5) is 5.13 Å². The molecule has 2 N–H and O–H groups in total. The molecule has 10 heteroatoms. The first-order chi connectivity index (χ1) is 12.4. The lowest BCUT2D eigenvalue weighted by molar-refractivity contribution is -0.118. The zero-order valence-corrected chi connectivity index (χ0v) is 15.9. The van der Waals surface area contributed by atoms with Crippen LogP contribution >= 0.6 is 22.9 Å². The van der Waals surface area contributed by atoms with E-state index in [-0.39, 0.29) is 4.90 Å². The first-order valence-corrected chi connectivity index (χ1v) is 10.2. The number of aromatic nitrogens is 1. The number of hydrazine groups is 1. The van der Waals surface area contributed by atoms with Crippen molar-refractivity contribution in [2.24, 2.45) is 0 Å². The van der Waals surface area contributed by atoms with Crippen LogP contribution in [0.5, 0.6) is 5.75 Å². The number of carbonyl (C=O) groups is 1. The van der Waals surface area contributed by atoms with Gasteiger partial charge in [-0.1, -0.05) is 41.1 Å². The molecular weight excluding hydrogens is 398 g/mol. The summed E-state index contributed by atoms with van der Waals surface area (Å²) < 4.78 is 30.3. The number of amides is 1. The molecule has 0 spiro atoms. The Morgan fingerprint density at radius 3 is 2.65 bits per heavy atom. The summed E-state index contributed by atoms with van der Waals surface area (Å²) in [5.74, 6) is -0.836. The third kappa shape index (κ3) is 3.90. The van der Waals surface area contributed by atoms with Crippen molar-refractivity contribution in [1.82, 2.24) is 10.4 Å². The number of methoxy groups -OCH3 is 1. The van der Waals surface area contributed by atoms with Gasteiger partial charge in [0, 0.05) is 0 Å². The van der Waals surface area contributed by atoms with Crippen LogP contribution in [-0.2, 0) is 14.6 Å². The van der Waals surface area contributed by atoms with Gasteiger partial charge in [-0.25, -0.2) is 13.4 Å². The Bertz CT molecular complexity index is 1050. The minimum Gasteiger partial charge on any atom is -0.494 e. The number of anilines is 1. The molecule has 0 aliphatic rings. The summed E-state index contributed by atoms with van der Waals surface area (Å²) in [6, 6.07) is 11.2. The summed E-state index contributed by atoms with van der Waals surface area (Å²) in [5.41, 5.74) is 5.51. The highest BCUT2D eigenvalue weighted by Gasteiger charge is 2.19. The maximum Gasteiger partial charge on any atom is 0.253 e. The van der Waals surface area contributed by atoms with E-state index in [9.17, 15) is 13.2 Å². The van der Waals surface area contributed by atoms with Crippen molar-refractivity contribution in [2.45, 2.75) is 4.90 Å². The van der Waals surface area contributed by atoms with E-state index in [1.807, 2.05) is 0 Å². The first-order valence-electron chi connectivity index (χ1n) is 7.36. The number of nitrogens with one attached hydrogen (secondary N) is 2. The average Bonchev–Trinajstić information content (AvgIpc) is 3.06. The molecule has 0 saturated carbocycles. The molecule has 0 aliphatic heterocycles. The van der Waals surface area contributed by atoms with Gasteiger partial charge in [0.25, 0.3) is 5.91 Å². The lowest BCUT2D eigenvalue weighted by atomic mass is 10.3. The van der Waals surface area contributed by atoms with Gasteiger partial charge in [0.05, 0.1) is 21.7 Å². The van der Waals surface area contributed by atoms with Gasteiger partial charge < -0.3 is 4.74 Å². The van der Waals surface area contributed by atoms with E-state index in [2.05, 4.69) is 15.8 Å². The van der Waals surface area contributed by atoms with Crippen molar-refractivity contribution in [3.63, 3.8) is 0 Å². The summed E-state index contributed by atoms with van der Waals surface area (Å²) in [6.07, 6.45) is 0. The van der Waals surface area contributed by atoms with Crippen LogP contribution in [0.15, 0.2) is 47.4 Å². The van der Waals surface area contributed by atoms with Crippen molar-refractivity contribution in [2.75, 3.05) is 18.3 Å². The monoisotopic (exact) mass is 411 g/mol. The highest BCUT2D eigenvalue weighted by atomic mass is 35.5. The van der Waals surface area contributed by atoms with E-state index in [0.717, 1.165) is 0 Å². The Balaban J connectivity index is 1.70. The molecule has 0 radical (unpaired) electrons. The predicted molar refractivity (Wildman–Crippen MR) is 101 cm³/mol. The molecule has 7 nitrogen and oxygen atoms in total. The number of thiazole rings is 1. The van der Waals surface area contributed by atoms with Gasteiger partial charge >= 0.3 is 0 Å². The minimum atomic E-state index is -3.72. The fourth-order valence-corrected chi connectivity index (χ4v) is 4.48. The molecule has 0 saturated heterocycles. The molecule has 0 bridgehead atoms. The van der Waals surface area contributed by atoms with Gasteiger partial charge in [0.1, 0.15) is 17.0 Å². The number of rotatable bonds is 6. The van der Waals surface area contributed by atoms with Crippen LogP contribution in [-0.4, -0.2) is 32.2 Å². The highest BCUT2D eigenvalue weighted by Crippen LogP contribution is 2.37. The van der Waals surface area contributed by atoms with E-state index in [0.29, 0.717) is 26.1 Å². The second kappa shape index (κ2) is 7.48. The molecule has 26 heavy (non-hydrogen) atoms. The summed E-state index contributed by atoms with van der Waals surface area (Å²) in [5, 5.41) is 0.862. The summed E-state index contributed by atoms with van der Waals surface area (Å²) >= 11 is 7.35. The van der Waals surface area contributed by atoms with Crippen molar-refractivity contribution < 1.29 is 17.9 Å². The maximum absolute atomic E-state index is 12.2. The molecular formula is C16H14ClN3O4S2. The fraction of sp³-hybridized carbons (Fsp3) is 0.125. The number of halogens is 1. The largest absolute Gasteiger partial charge is 0.494 e. The van der Waals surface area contributed by atoms with Crippen molar-refractivity contribution in [3.8, 4) is 5.75 Å². The number of sulfone groups is 1. The Morgan fingerprint density at radius 2 is 1.96 bits per heavy atom. The molecule has 2 aromatic carbocycles. The Labute approximate surface area is 158 Å². The van der Waals surface area contributed by atoms with Crippen LogP contribution in [0, 0.1) is 0 Å².